The van der Waals surface area contributed by atoms with Crippen molar-refractivity contribution in [3.63, 3.8) is 0 Å². The van der Waals surface area contributed by atoms with Gasteiger partial charge < -0.3 is 5.11 Å². The van der Waals surface area contributed by atoms with Gasteiger partial charge in [0.05, 0.1) is 16.3 Å². The van der Waals surface area contributed by atoms with Crippen molar-refractivity contribution in [3.8, 4) is 5.88 Å². The van der Waals surface area contributed by atoms with Crippen LogP contribution >= 0.6 is 23.6 Å². The molecule has 0 unspecified atom stereocenters. The highest BCUT2D eigenvalue weighted by atomic mass is 32.1. The molecular weight excluding hydrogens is 384 g/mol. The number of aromatic hydroxyl groups is 1. The summed E-state index contributed by atoms with van der Waals surface area (Å²) in [6, 6.07) is 14.5. The normalized spacial score (nSPS) is 14.2. The Morgan fingerprint density at radius 1 is 1.21 bits per heavy atom. The molecule has 2 heterocycles. The first-order valence-electron chi connectivity index (χ1n) is 9.01. The van der Waals surface area contributed by atoms with Gasteiger partial charge >= 0.3 is 0 Å². The van der Waals surface area contributed by atoms with Crippen LogP contribution in [0.2, 0.25) is 0 Å². The first-order valence-corrected chi connectivity index (χ1v) is 10.2. The van der Waals surface area contributed by atoms with Gasteiger partial charge in [0.25, 0.3) is 0 Å². The average molecular weight is 405 g/mol. The van der Waals surface area contributed by atoms with Crippen LogP contribution in [0.25, 0.3) is 11.6 Å². The maximum absolute atomic E-state index is 10.7. The molecule has 0 spiro atoms. The van der Waals surface area contributed by atoms with Crippen molar-refractivity contribution in [3.05, 3.63) is 86.2 Å². The third kappa shape index (κ3) is 3.17. The van der Waals surface area contributed by atoms with E-state index in [4.69, 9.17) is 17.2 Å². The van der Waals surface area contributed by atoms with Gasteiger partial charge in [-0.15, -0.1) is 17.9 Å². The Morgan fingerprint density at radius 2 is 1.96 bits per heavy atom. The molecule has 28 heavy (non-hydrogen) atoms. The van der Waals surface area contributed by atoms with Crippen LogP contribution in [0.3, 0.4) is 0 Å². The molecule has 0 atom stereocenters. The van der Waals surface area contributed by atoms with Crippen LogP contribution in [-0.2, 0) is 6.54 Å². The van der Waals surface area contributed by atoms with Crippen LogP contribution in [-0.4, -0.2) is 15.4 Å². The Bertz CT molecular complexity index is 1200. The number of hydrogen-bond donors (Lipinski definition) is 1. The van der Waals surface area contributed by atoms with Gasteiger partial charge in [0.15, 0.2) is 3.95 Å². The lowest BCUT2D eigenvalue weighted by Crippen LogP contribution is -1.99. The number of aliphatic imine (C=N–C) groups is 1. The molecule has 0 saturated carbocycles. The Labute approximate surface area is 173 Å². The number of hydrogen-bond acceptors (Lipinski definition) is 4. The summed E-state index contributed by atoms with van der Waals surface area (Å²) < 4.78 is 2.32. The lowest BCUT2D eigenvalue weighted by molar-refractivity contribution is 0.424. The van der Waals surface area contributed by atoms with Crippen molar-refractivity contribution in [1.29, 1.82) is 0 Å². The van der Waals surface area contributed by atoms with Crippen molar-refractivity contribution < 1.29 is 5.11 Å². The summed E-state index contributed by atoms with van der Waals surface area (Å²) in [6.07, 6.45) is 3.74. The van der Waals surface area contributed by atoms with E-state index >= 15 is 0 Å². The van der Waals surface area contributed by atoms with Crippen molar-refractivity contribution >= 4 is 46.6 Å². The molecule has 0 aliphatic carbocycles. The quantitative estimate of drug-likeness (QED) is 0.400. The minimum absolute atomic E-state index is 0.174. The zero-order valence-corrected chi connectivity index (χ0v) is 17.4. The smallest absolute Gasteiger partial charge is 0.210 e. The molecule has 5 heteroatoms. The SMILES string of the molecule is C=CCn1c(O)c(/C=C2\C(c3ccccc3)=Nc3c(C)cc(C)cc32)sc1=S. The molecule has 1 aromatic heterocycles. The highest BCUT2D eigenvalue weighted by Gasteiger charge is 2.25. The first-order chi connectivity index (χ1) is 13.5. The fourth-order valence-electron chi connectivity index (χ4n) is 3.50. The Kier molecular flexibility index (Phi) is 4.87. The molecule has 2 aromatic carbocycles. The lowest BCUT2D eigenvalue weighted by atomic mass is 9.95. The average Bonchev–Trinajstić information content (AvgIpc) is 3.16. The largest absolute Gasteiger partial charge is 0.493 e. The standard InChI is InChI=1S/C23H20N2OS2/c1-4-10-25-22(26)19(28-23(25)27)13-18-17-12-14(2)11-15(3)20(17)24-21(18)16-8-6-5-7-9-16/h4-9,11-13,26H,1,10H2,2-3H3/b18-13-. The number of nitrogens with zero attached hydrogens (tertiary/aromatic N) is 2. The Balaban J connectivity index is 1.95. The van der Waals surface area contributed by atoms with E-state index in [9.17, 15) is 5.11 Å². The highest BCUT2D eigenvalue weighted by molar-refractivity contribution is 7.73. The van der Waals surface area contributed by atoms with Crippen LogP contribution < -0.4 is 0 Å². The second-order valence-corrected chi connectivity index (χ2v) is 8.49. The first kappa shape index (κ1) is 18.6. The monoisotopic (exact) mass is 404 g/mol. The lowest BCUT2D eigenvalue weighted by Gasteiger charge is -2.07. The highest BCUT2D eigenvalue weighted by Crippen LogP contribution is 2.42. The Hall–Kier alpha value is -2.76. The van der Waals surface area contributed by atoms with Gasteiger partial charge in [-0.2, -0.15) is 0 Å². The summed E-state index contributed by atoms with van der Waals surface area (Å²) in [5.74, 6) is 0.174. The fourth-order valence-corrected chi connectivity index (χ4v) is 4.77. The van der Waals surface area contributed by atoms with E-state index in [1.165, 1.54) is 16.9 Å². The van der Waals surface area contributed by atoms with Crippen molar-refractivity contribution in [1.82, 2.24) is 4.57 Å². The summed E-state index contributed by atoms with van der Waals surface area (Å²) in [4.78, 5) is 5.69. The summed E-state index contributed by atoms with van der Waals surface area (Å²) in [6.45, 7) is 8.41. The van der Waals surface area contributed by atoms with E-state index in [0.29, 0.717) is 10.5 Å². The summed E-state index contributed by atoms with van der Waals surface area (Å²) in [7, 11) is 0. The second-order valence-electron chi connectivity index (χ2n) is 6.82. The van der Waals surface area contributed by atoms with Crippen molar-refractivity contribution in [2.24, 2.45) is 4.99 Å². The zero-order valence-electron chi connectivity index (χ0n) is 15.8. The van der Waals surface area contributed by atoms with Crippen LogP contribution in [0.1, 0.15) is 27.1 Å². The van der Waals surface area contributed by atoms with Crippen molar-refractivity contribution in [2.75, 3.05) is 0 Å². The third-order valence-corrected chi connectivity index (χ3v) is 6.13. The van der Waals surface area contributed by atoms with E-state index in [1.807, 2.05) is 24.3 Å². The topological polar surface area (TPSA) is 37.5 Å². The van der Waals surface area contributed by atoms with Gasteiger partial charge in [-0.05, 0) is 43.8 Å². The van der Waals surface area contributed by atoms with E-state index in [1.54, 1.807) is 10.6 Å². The van der Waals surface area contributed by atoms with Gasteiger partial charge in [0.1, 0.15) is 0 Å². The molecule has 140 valence electrons. The fraction of sp³-hybridized carbons (Fsp3) is 0.130. The van der Waals surface area contributed by atoms with Crippen LogP contribution in [0.4, 0.5) is 5.69 Å². The molecule has 3 aromatic rings. The Morgan fingerprint density at radius 3 is 2.68 bits per heavy atom. The molecular formula is C23H20N2OS2. The van der Waals surface area contributed by atoms with E-state index in [0.717, 1.165) is 38.5 Å². The maximum atomic E-state index is 10.7. The molecule has 3 nitrogen and oxygen atoms in total. The van der Waals surface area contributed by atoms with E-state index in [-0.39, 0.29) is 5.88 Å². The summed E-state index contributed by atoms with van der Waals surface area (Å²) in [5.41, 5.74) is 7.38. The van der Waals surface area contributed by atoms with Crippen molar-refractivity contribution in [2.45, 2.75) is 20.4 Å². The minimum Gasteiger partial charge on any atom is -0.493 e. The molecule has 1 aliphatic heterocycles. The van der Waals surface area contributed by atoms with Gasteiger partial charge in [-0.1, -0.05) is 48.0 Å². The number of benzene rings is 2. The third-order valence-electron chi connectivity index (χ3n) is 4.74. The molecule has 0 fully saturated rings. The van der Waals surface area contributed by atoms with Gasteiger partial charge in [-0.25, -0.2) is 4.99 Å². The minimum atomic E-state index is 0.174. The molecule has 1 aliphatic rings. The molecule has 1 N–H and O–H groups in total. The molecule has 0 amide bonds. The van der Waals surface area contributed by atoms with Gasteiger partial charge in [0, 0.05) is 23.2 Å². The van der Waals surface area contributed by atoms with Gasteiger partial charge in [0.2, 0.25) is 5.88 Å². The predicted molar refractivity (Wildman–Crippen MR) is 121 cm³/mol. The second kappa shape index (κ2) is 7.34. The predicted octanol–water partition coefficient (Wildman–Crippen LogP) is 6.46. The number of fused-ring (bicyclic) bond motifs is 1. The molecule has 0 radical (unpaired) electrons. The number of thiazole rings is 1. The number of rotatable bonds is 4. The number of aryl methyl sites for hydroxylation is 2. The zero-order chi connectivity index (χ0) is 19.8. The van der Waals surface area contributed by atoms with Crippen LogP contribution in [0.5, 0.6) is 5.88 Å². The molecule has 0 bridgehead atoms. The number of allylic oxidation sites excluding steroid dienone is 2. The summed E-state index contributed by atoms with van der Waals surface area (Å²) >= 11 is 6.82. The molecule has 0 saturated heterocycles. The van der Waals surface area contributed by atoms with Crippen LogP contribution in [0.15, 0.2) is 60.1 Å². The van der Waals surface area contributed by atoms with Gasteiger partial charge in [-0.3, -0.25) is 4.57 Å². The van der Waals surface area contributed by atoms with E-state index < -0.39 is 0 Å². The van der Waals surface area contributed by atoms with E-state index in [2.05, 4.69) is 44.7 Å². The molecule has 4 rings (SSSR count). The number of aromatic nitrogens is 1. The summed E-state index contributed by atoms with van der Waals surface area (Å²) in [5, 5.41) is 10.7. The van der Waals surface area contributed by atoms with Crippen LogP contribution in [0, 0.1) is 17.8 Å². The maximum Gasteiger partial charge on any atom is 0.210 e.